The number of hydrogen-bond acceptors (Lipinski definition) is 5. The topological polar surface area (TPSA) is 141 Å². The minimum absolute atomic E-state index is 0.0694. The van der Waals surface area contributed by atoms with Crippen LogP contribution in [0, 0.1) is 5.41 Å². The second-order valence-electron chi connectivity index (χ2n) is 3.82. The Morgan fingerprint density at radius 3 is 1.81 bits per heavy atom. The molecule has 1 atom stereocenters. The van der Waals surface area contributed by atoms with E-state index in [1.165, 1.54) is 13.8 Å². The molecule has 0 saturated heterocycles. The Labute approximate surface area is 93.5 Å². The van der Waals surface area contributed by atoms with Crippen LogP contribution in [0.25, 0.3) is 0 Å². The fraction of sp³-hybridized carbons (Fsp3) is 0.778. The Bertz CT molecular complexity index is 228. The Balaban J connectivity index is 0. The van der Waals surface area contributed by atoms with Gasteiger partial charge in [0.25, 0.3) is 0 Å². The predicted octanol–water partition coefficient (Wildman–Crippen LogP) is -1.13. The molecule has 0 heterocycles. The molecule has 0 saturated carbocycles. The third-order valence-corrected chi connectivity index (χ3v) is 1.74. The number of aliphatic hydroxyl groups excluding tert-OH is 2. The summed E-state index contributed by atoms with van der Waals surface area (Å²) in [6, 6.07) is 0. The van der Waals surface area contributed by atoms with Crippen LogP contribution in [0.15, 0.2) is 0 Å². The van der Waals surface area contributed by atoms with E-state index in [0.29, 0.717) is 0 Å². The van der Waals surface area contributed by atoms with Crippen LogP contribution in [0.4, 0.5) is 0 Å². The van der Waals surface area contributed by atoms with E-state index in [0.717, 1.165) is 0 Å². The van der Waals surface area contributed by atoms with Gasteiger partial charge in [-0.25, -0.2) is 4.79 Å². The van der Waals surface area contributed by atoms with Crippen LogP contribution >= 0.6 is 0 Å². The zero-order valence-electron chi connectivity index (χ0n) is 9.38. The first-order valence-corrected chi connectivity index (χ1v) is 4.62. The summed E-state index contributed by atoms with van der Waals surface area (Å²) in [7, 11) is 0. The van der Waals surface area contributed by atoms with Gasteiger partial charge < -0.3 is 26.2 Å². The van der Waals surface area contributed by atoms with Crippen molar-refractivity contribution in [2.75, 3.05) is 13.2 Å². The molecule has 0 amide bonds. The molecule has 0 aliphatic carbocycles. The van der Waals surface area contributed by atoms with E-state index in [1.807, 2.05) is 0 Å². The van der Waals surface area contributed by atoms with Crippen LogP contribution in [0.3, 0.4) is 0 Å². The number of hydrogen-bond donors (Lipinski definition) is 5. The van der Waals surface area contributed by atoms with Crippen LogP contribution in [0.2, 0.25) is 0 Å². The van der Waals surface area contributed by atoms with Crippen molar-refractivity contribution in [3.8, 4) is 0 Å². The van der Waals surface area contributed by atoms with Crippen molar-refractivity contribution in [1.82, 2.24) is 0 Å². The number of carboxylic acids is 2. The van der Waals surface area contributed by atoms with E-state index >= 15 is 0 Å². The van der Waals surface area contributed by atoms with E-state index in [9.17, 15) is 9.59 Å². The number of nitrogens with two attached hydrogens (primary N) is 1. The molecule has 6 N–H and O–H groups in total. The molecule has 0 aromatic heterocycles. The molecule has 0 bridgehead atoms. The maximum atomic E-state index is 10.1. The lowest BCUT2D eigenvalue weighted by Crippen LogP contribution is -2.38. The number of rotatable bonds is 5. The van der Waals surface area contributed by atoms with E-state index in [4.69, 9.17) is 26.2 Å². The van der Waals surface area contributed by atoms with Gasteiger partial charge in [0.05, 0.1) is 13.0 Å². The average molecular weight is 237 g/mol. The van der Waals surface area contributed by atoms with Gasteiger partial charge in [0.2, 0.25) is 0 Å². The van der Waals surface area contributed by atoms with Gasteiger partial charge >= 0.3 is 11.9 Å². The smallest absolute Gasteiger partial charge is 0.333 e. The summed E-state index contributed by atoms with van der Waals surface area (Å²) < 4.78 is 0. The molecular weight excluding hydrogens is 218 g/mol. The zero-order chi connectivity index (χ0) is 13.4. The predicted molar refractivity (Wildman–Crippen MR) is 55.8 cm³/mol. The molecule has 0 fully saturated rings. The highest BCUT2D eigenvalue weighted by atomic mass is 16.4. The van der Waals surface area contributed by atoms with Crippen molar-refractivity contribution in [1.29, 1.82) is 0 Å². The highest BCUT2D eigenvalue weighted by Gasteiger charge is 2.32. The molecular formula is C9H19NO6. The summed E-state index contributed by atoms with van der Waals surface area (Å²) in [5, 5.41) is 33.6. The molecule has 0 aliphatic rings. The Hall–Kier alpha value is -1.18. The van der Waals surface area contributed by atoms with Gasteiger partial charge in [-0.3, -0.25) is 4.79 Å². The van der Waals surface area contributed by atoms with Crippen molar-refractivity contribution in [2.45, 2.75) is 26.4 Å². The number of aliphatic carboxylic acids is 2. The van der Waals surface area contributed by atoms with E-state index in [1.54, 1.807) is 0 Å². The molecule has 7 heteroatoms. The lowest BCUT2D eigenvalue weighted by atomic mass is 9.88. The molecule has 0 aromatic rings. The standard InChI is InChI=1S/C6H12O4.C3H7NO2/c1-6(2,3-7)4(8)5(9)10;4-2-1-3(5)6/h4,7-8H,3H2,1-2H3,(H,9,10);1-2,4H2,(H,5,6). The van der Waals surface area contributed by atoms with Gasteiger partial charge in [-0.2, -0.15) is 0 Å². The molecule has 0 radical (unpaired) electrons. The molecule has 16 heavy (non-hydrogen) atoms. The molecule has 1 unspecified atom stereocenters. The van der Waals surface area contributed by atoms with Crippen molar-refractivity contribution in [3.05, 3.63) is 0 Å². The van der Waals surface area contributed by atoms with E-state index < -0.39 is 23.5 Å². The molecule has 96 valence electrons. The number of aliphatic hydroxyl groups is 2. The van der Waals surface area contributed by atoms with E-state index in [-0.39, 0.29) is 19.6 Å². The molecule has 0 spiro atoms. The van der Waals surface area contributed by atoms with Gasteiger partial charge in [-0.1, -0.05) is 13.8 Å². The van der Waals surface area contributed by atoms with Crippen LogP contribution in [0.1, 0.15) is 20.3 Å². The lowest BCUT2D eigenvalue weighted by molar-refractivity contribution is -0.154. The number of carboxylic acid groups (broad SMARTS) is 2. The highest BCUT2D eigenvalue weighted by molar-refractivity contribution is 5.72. The maximum Gasteiger partial charge on any atom is 0.333 e. The molecule has 7 nitrogen and oxygen atoms in total. The zero-order valence-corrected chi connectivity index (χ0v) is 9.38. The van der Waals surface area contributed by atoms with Crippen molar-refractivity contribution in [3.63, 3.8) is 0 Å². The fourth-order valence-corrected chi connectivity index (χ4v) is 0.544. The first kappa shape index (κ1) is 17.2. The van der Waals surface area contributed by atoms with Crippen molar-refractivity contribution < 1.29 is 30.0 Å². The Morgan fingerprint density at radius 1 is 1.31 bits per heavy atom. The Morgan fingerprint density at radius 2 is 1.75 bits per heavy atom. The minimum atomic E-state index is -1.50. The quantitative estimate of drug-likeness (QED) is 0.407. The van der Waals surface area contributed by atoms with Gasteiger partial charge in [0.15, 0.2) is 6.10 Å². The average Bonchev–Trinajstić information content (AvgIpc) is 2.17. The first-order valence-electron chi connectivity index (χ1n) is 4.62. The monoisotopic (exact) mass is 237 g/mol. The van der Waals surface area contributed by atoms with Crippen LogP contribution in [0.5, 0.6) is 0 Å². The normalized spacial score (nSPS) is 12.3. The summed E-state index contributed by atoms with van der Waals surface area (Å²) >= 11 is 0. The van der Waals surface area contributed by atoms with Crippen LogP contribution in [-0.4, -0.2) is 51.6 Å². The number of carbonyl (C=O) groups is 2. The maximum absolute atomic E-state index is 10.1. The third-order valence-electron chi connectivity index (χ3n) is 1.74. The van der Waals surface area contributed by atoms with Gasteiger partial charge in [-0.05, 0) is 0 Å². The fourth-order valence-electron chi connectivity index (χ4n) is 0.544. The Kier molecular flexibility index (Phi) is 8.64. The molecule has 0 rings (SSSR count). The van der Waals surface area contributed by atoms with Crippen LogP contribution in [-0.2, 0) is 9.59 Å². The summed E-state index contributed by atoms with van der Waals surface area (Å²) in [5.74, 6) is -2.14. The second-order valence-corrected chi connectivity index (χ2v) is 3.82. The van der Waals surface area contributed by atoms with Crippen molar-refractivity contribution in [2.24, 2.45) is 11.1 Å². The van der Waals surface area contributed by atoms with Crippen LogP contribution < -0.4 is 5.73 Å². The lowest BCUT2D eigenvalue weighted by Gasteiger charge is -2.24. The highest BCUT2D eigenvalue weighted by Crippen LogP contribution is 2.19. The second kappa shape index (κ2) is 8.03. The van der Waals surface area contributed by atoms with E-state index in [2.05, 4.69) is 0 Å². The molecule has 0 aromatic carbocycles. The summed E-state index contributed by atoms with van der Waals surface area (Å²) in [6.45, 7) is 2.84. The largest absolute Gasteiger partial charge is 0.481 e. The van der Waals surface area contributed by atoms with Gasteiger partial charge in [-0.15, -0.1) is 0 Å². The SMILES string of the molecule is CC(C)(CO)C(O)C(=O)O.NCCC(=O)O. The summed E-state index contributed by atoms with van der Waals surface area (Å²) in [6.07, 6.45) is -1.43. The first-order chi connectivity index (χ1) is 7.18. The van der Waals surface area contributed by atoms with Crippen molar-refractivity contribution >= 4 is 11.9 Å². The minimum Gasteiger partial charge on any atom is -0.481 e. The molecule has 0 aliphatic heterocycles. The van der Waals surface area contributed by atoms with Gasteiger partial charge in [0, 0.05) is 12.0 Å². The summed E-state index contributed by atoms with van der Waals surface area (Å²) in [5.41, 5.74) is 3.88. The summed E-state index contributed by atoms with van der Waals surface area (Å²) in [4.78, 5) is 19.7. The van der Waals surface area contributed by atoms with Gasteiger partial charge in [0.1, 0.15) is 0 Å². The third kappa shape index (κ3) is 8.16.